The molecule has 0 unspecified atom stereocenters. The molecule has 0 aliphatic carbocycles. The van der Waals surface area contributed by atoms with E-state index in [9.17, 15) is 0 Å². The van der Waals surface area contributed by atoms with Gasteiger partial charge in [-0.2, -0.15) is 0 Å². The van der Waals surface area contributed by atoms with Gasteiger partial charge in [-0.05, 0) is 12.1 Å². The van der Waals surface area contributed by atoms with Gasteiger partial charge in [-0.25, -0.2) is 0 Å². The van der Waals surface area contributed by atoms with E-state index in [1.165, 1.54) is 0 Å². The molecule has 0 saturated heterocycles. The zero-order valence-electron chi connectivity index (χ0n) is 10.3. The molecule has 1 aliphatic heterocycles. The molecule has 96 valence electrons. The first-order valence-electron chi connectivity index (χ1n) is 6.08. The molecule has 0 amide bonds. The Morgan fingerprint density at radius 1 is 1.05 bits per heavy atom. The summed E-state index contributed by atoms with van der Waals surface area (Å²) in [7, 11) is 0. The van der Waals surface area contributed by atoms with E-state index in [4.69, 9.17) is 20.6 Å². The first-order chi connectivity index (χ1) is 9.25. The molecule has 0 saturated carbocycles. The van der Waals surface area contributed by atoms with E-state index >= 15 is 0 Å². The molecule has 1 heterocycles. The number of nitrogens with one attached hydrogen (secondary N) is 1. The number of hydrogen-bond acceptors (Lipinski definition) is 3. The third-order valence-electron chi connectivity index (χ3n) is 3.21. The Morgan fingerprint density at radius 2 is 1.58 bits per heavy atom. The van der Waals surface area contributed by atoms with Gasteiger partial charge in [-0.1, -0.05) is 36.4 Å². The lowest BCUT2D eigenvalue weighted by Gasteiger charge is -2.27. The Kier molecular flexibility index (Phi) is 2.83. The van der Waals surface area contributed by atoms with Crippen molar-refractivity contribution in [3.8, 4) is 11.5 Å². The van der Waals surface area contributed by atoms with Crippen LogP contribution in [0.1, 0.15) is 17.0 Å². The fourth-order valence-electron chi connectivity index (χ4n) is 2.36. The van der Waals surface area contributed by atoms with Crippen molar-refractivity contribution >= 4 is 6.02 Å². The third-order valence-corrected chi connectivity index (χ3v) is 3.21. The van der Waals surface area contributed by atoms with Crippen LogP contribution in [0.25, 0.3) is 0 Å². The smallest absolute Gasteiger partial charge is 0.279 e. The fourth-order valence-corrected chi connectivity index (χ4v) is 2.36. The second kappa shape index (κ2) is 4.65. The number of rotatable bonds is 2. The molecule has 4 heteroatoms. The number of hydrogen-bond donors (Lipinski definition) is 2. The maximum absolute atomic E-state index is 7.21. The topological polar surface area (TPSA) is 68.3 Å². The Morgan fingerprint density at radius 3 is 2.11 bits per heavy atom. The van der Waals surface area contributed by atoms with E-state index in [0.717, 1.165) is 22.6 Å². The van der Waals surface area contributed by atoms with Crippen LogP contribution in [0, 0.1) is 5.41 Å². The molecule has 19 heavy (non-hydrogen) atoms. The van der Waals surface area contributed by atoms with Crippen molar-refractivity contribution in [2.45, 2.75) is 5.92 Å². The molecule has 2 aromatic rings. The zero-order valence-corrected chi connectivity index (χ0v) is 10.3. The maximum Gasteiger partial charge on any atom is 0.279 e. The minimum atomic E-state index is -0.263. The molecule has 0 spiro atoms. The number of benzene rings is 2. The van der Waals surface area contributed by atoms with Gasteiger partial charge in [-0.3, -0.25) is 5.41 Å². The third kappa shape index (κ3) is 2.12. The van der Waals surface area contributed by atoms with Crippen LogP contribution in [0.3, 0.4) is 0 Å². The van der Waals surface area contributed by atoms with Gasteiger partial charge in [0.15, 0.2) is 0 Å². The summed E-state index contributed by atoms with van der Waals surface area (Å²) in [6.45, 7) is 0.340. The average molecular weight is 254 g/mol. The van der Waals surface area contributed by atoms with Crippen LogP contribution in [0.15, 0.2) is 48.5 Å². The molecule has 0 aromatic heterocycles. The quantitative estimate of drug-likeness (QED) is 0.639. The molecule has 0 fully saturated rings. The van der Waals surface area contributed by atoms with Crippen LogP contribution >= 0.6 is 0 Å². The highest BCUT2D eigenvalue weighted by atomic mass is 16.5. The summed E-state index contributed by atoms with van der Waals surface area (Å²) in [5.41, 5.74) is 7.40. The predicted molar refractivity (Wildman–Crippen MR) is 72.7 cm³/mol. The Balaban J connectivity index is 2.03. The van der Waals surface area contributed by atoms with E-state index in [-0.39, 0.29) is 11.9 Å². The molecule has 2 aromatic carbocycles. The second-order valence-corrected chi connectivity index (χ2v) is 4.41. The number of nitrogens with two attached hydrogens (primary N) is 1. The van der Waals surface area contributed by atoms with Gasteiger partial charge in [-0.15, -0.1) is 0 Å². The summed E-state index contributed by atoms with van der Waals surface area (Å²) in [4.78, 5) is 0. The molecular weight excluding hydrogens is 240 g/mol. The van der Waals surface area contributed by atoms with E-state index in [1.54, 1.807) is 0 Å². The van der Waals surface area contributed by atoms with Crippen molar-refractivity contribution in [2.75, 3.05) is 6.61 Å². The van der Waals surface area contributed by atoms with Crippen molar-refractivity contribution in [1.82, 2.24) is 0 Å². The monoisotopic (exact) mass is 254 g/mol. The first kappa shape index (κ1) is 11.6. The number of ether oxygens (including phenoxy) is 2. The van der Waals surface area contributed by atoms with Crippen LogP contribution in [0.2, 0.25) is 0 Å². The van der Waals surface area contributed by atoms with Crippen molar-refractivity contribution in [1.29, 1.82) is 5.41 Å². The van der Waals surface area contributed by atoms with Crippen molar-refractivity contribution in [3.63, 3.8) is 0 Å². The number of fused-ring (bicyclic) bond motifs is 2. The second-order valence-electron chi connectivity index (χ2n) is 4.41. The highest BCUT2D eigenvalue weighted by Crippen LogP contribution is 2.43. The Labute approximate surface area is 111 Å². The Bertz CT molecular complexity index is 580. The molecule has 0 radical (unpaired) electrons. The summed E-state index contributed by atoms with van der Waals surface area (Å²) >= 11 is 0. The van der Waals surface area contributed by atoms with Crippen LogP contribution in [-0.4, -0.2) is 12.6 Å². The Hall–Kier alpha value is -2.49. The summed E-state index contributed by atoms with van der Waals surface area (Å²) < 4.78 is 11.1. The molecule has 1 aliphatic rings. The van der Waals surface area contributed by atoms with E-state index in [0.29, 0.717) is 6.61 Å². The average Bonchev–Trinajstić information content (AvgIpc) is 2.43. The van der Waals surface area contributed by atoms with Gasteiger partial charge in [0.1, 0.15) is 18.1 Å². The molecule has 0 bridgehead atoms. The molecule has 0 atom stereocenters. The highest BCUT2D eigenvalue weighted by Gasteiger charge is 2.27. The van der Waals surface area contributed by atoms with Crippen molar-refractivity contribution in [2.24, 2.45) is 5.73 Å². The maximum atomic E-state index is 7.21. The minimum absolute atomic E-state index is 0.0325. The van der Waals surface area contributed by atoms with Crippen LogP contribution in [0.4, 0.5) is 0 Å². The van der Waals surface area contributed by atoms with Gasteiger partial charge in [0.25, 0.3) is 6.02 Å². The molecule has 3 rings (SSSR count). The summed E-state index contributed by atoms with van der Waals surface area (Å²) in [6.07, 6.45) is 0. The molecule has 3 N–H and O–H groups in total. The van der Waals surface area contributed by atoms with Crippen LogP contribution in [0.5, 0.6) is 11.5 Å². The van der Waals surface area contributed by atoms with Crippen LogP contribution < -0.4 is 10.5 Å². The van der Waals surface area contributed by atoms with E-state index < -0.39 is 0 Å². The fraction of sp³-hybridized carbons (Fsp3) is 0.133. The predicted octanol–water partition coefficient (Wildman–Crippen LogP) is 2.83. The highest BCUT2D eigenvalue weighted by molar-refractivity contribution is 5.67. The van der Waals surface area contributed by atoms with E-state index in [1.807, 2.05) is 48.5 Å². The lowest BCUT2D eigenvalue weighted by molar-refractivity contribution is 0.274. The van der Waals surface area contributed by atoms with Gasteiger partial charge < -0.3 is 15.2 Å². The lowest BCUT2D eigenvalue weighted by atomic mass is 9.89. The van der Waals surface area contributed by atoms with Gasteiger partial charge in [0.05, 0.1) is 5.92 Å². The van der Waals surface area contributed by atoms with Gasteiger partial charge in [0.2, 0.25) is 0 Å². The summed E-state index contributed by atoms with van der Waals surface area (Å²) in [6, 6.07) is 15.5. The molecular formula is C15H14N2O2. The zero-order chi connectivity index (χ0) is 13.2. The lowest BCUT2D eigenvalue weighted by Crippen LogP contribution is -2.21. The first-order valence-corrected chi connectivity index (χ1v) is 6.08. The van der Waals surface area contributed by atoms with Crippen LogP contribution in [-0.2, 0) is 4.74 Å². The van der Waals surface area contributed by atoms with Gasteiger partial charge >= 0.3 is 0 Å². The van der Waals surface area contributed by atoms with E-state index in [2.05, 4.69) is 0 Å². The normalized spacial score (nSPS) is 13.1. The summed E-state index contributed by atoms with van der Waals surface area (Å²) in [5.74, 6) is 1.70. The number of para-hydroxylation sites is 2. The minimum Gasteiger partial charge on any atom is -0.465 e. The molecule has 4 nitrogen and oxygen atoms in total. The van der Waals surface area contributed by atoms with Crippen molar-refractivity contribution < 1.29 is 9.47 Å². The standard InChI is InChI=1S/C15H14N2O2/c16-15(17)18-9-12-10-5-1-3-7-13(10)19-14-8-4-2-6-11(12)14/h1-8,12H,9H2,(H3,16,17). The van der Waals surface area contributed by atoms with Crippen molar-refractivity contribution in [3.05, 3.63) is 59.7 Å². The van der Waals surface area contributed by atoms with Gasteiger partial charge in [0, 0.05) is 11.1 Å². The largest absolute Gasteiger partial charge is 0.465 e. The summed E-state index contributed by atoms with van der Waals surface area (Å²) in [5, 5.41) is 7.21. The number of amidine groups is 1. The SMILES string of the molecule is N=C(N)OCC1c2ccccc2Oc2ccccc21.